The SMILES string of the molecule is CCOC(=O)C1CCCN(C(=O)c2cccc(CSc3nc(N(C)C4CCCCC4)cc(C(C)(C)C)n3)c2)C1. The first kappa shape index (κ1) is 29.4. The summed E-state index contributed by atoms with van der Waals surface area (Å²) in [5.41, 5.74) is 2.67. The first-order chi connectivity index (χ1) is 18.7. The number of anilines is 1. The molecule has 1 aromatic heterocycles. The predicted molar refractivity (Wildman–Crippen MR) is 157 cm³/mol. The number of hydrogen-bond acceptors (Lipinski definition) is 7. The predicted octanol–water partition coefficient (Wildman–Crippen LogP) is 6.25. The molecule has 0 N–H and O–H groups in total. The second-order valence-electron chi connectivity index (χ2n) is 11.9. The molecule has 1 amide bonds. The van der Waals surface area contributed by atoms with Gasteiger partial charge in [0.15, 0.2) is 5.16 Å². The lowest BCUT2D eigenvalue weighted by Crippen LogP contribution is -2.42. The van der Waals surface area contributed by atoms with Crippen LogP contribution in [0.3, 0.4) is 0 Å². The maximum absolute atomic E-state index is 13.3. The summed E-state index contributed by atoms with van der Waals surface area (Å²) in [4.78, 5) is 39.6. The zero-order chi connectivity index (χ0) is 28.0. The molecule has 1 aromatic carbocycles. The summed E-state index contributed by atoms with van der Waals surface area (Å²) in [6, 6.07) is 10.5. The van der Waals surface area contributed by atoms with Crippen LogP contribution >= 0.6 is 11.8 Å². The van der Waals surface area contributed by atoms with Crippen molar-refractivity contribution in [2.75, 3.05) is 31.6 Å². The number of ether oxygens (including phenoxy) is 1. The molecule has 0 spiro atoms. The summed E-state index contributed by atoms with van der Waals surface area (Å²) < 4.78 is 5.20. The van der Waals surface area contributed by atoms with Gasteiger partial charge in [-0.15, -0.1) is 0 Å². The summed E-state index contributed by atoms with van der Waals surface area (Å²) in [5.74, 6) is 1.20. The number of aromatic nitrogens is 2. The lowest BCUT2D eigenvalue weighted by Gasteiger charge is -2.33. The number of benzene rings is 1. The van der Waals surface area contributed by atoms with Crippen molar-refractivity contribution < 1.29 is 14.3 Å². The summed E-state index contributed by atoms with van der Waals surface area (Å²) in [6.45, 7) is 9.83. The minimum Gasteiger partial charge on any atom is -0.466 e. The van der Waals surface area contributed by atoms with Gasteiger partial charge in [-0.2, -0.15) is 0 Å². The molecule has 1 aliphatic heterocycles. The lowest BCUT2D eigenvalue weighted by atomic mass is 9.91. The lowest BCUT2D eigenvalue weighted by molar-refractivity contribution is -0.149. The zero-order valence-electron chi connectivity index (χ0n) is 24.2. The van der Waals surface area contributed by atoms with Crippen LogP contribution in [0.1, 0.15) is 94.3 Å². The molecule has 4 rings (SSSR count). The first-order valence-electron chi connectivity index (χ1n) is 14.5. The van der Waals surface area contributed by atoms with Gasteiger partial charge in [-0.3, -0.25) is 9.59 Å². The average Bonchev–Trinajstić information content (AvgIpc) is 2.95. The number of rotatable bonds is 8. The van der Waals surface area contributed by atoms with Crippen LogP contribution < -0.4 is 4.90 Å². The van der Waals surface area contributed by atoms with Gasteiger partial charge in [0.25, 0.3) is 5.91 Å². The third-order valence-corrected chi connectivity index (χ3v) is 8.73. The van der Waals surface area contributed by atoms with Crippen molar-refractivity contribution in [1.82, 2.24) is 14.9 Å². The van der Waals surface area contributed by atoms with E-state index in [2.05, 4.69) is 38.8 Å². The molecule has 2 aliphatic rings. The normalized spacial score (nSPS) is 18.6. The summed E-state index contributed by atoms with van der Waals surface area (Å²) >= 11 is 1.61. The number of esters is 1. The van der Waals surface area contributed by atoms with Crippen LogP contribution in [0.25, 0.3) is 0 Å². The number of hydrogen-bond donors (Lipinski definition) is 0. The van der Waals surface area contributed by atoms with Crippen molar-refractivity contribution in [3.05, 3.63) is 47.2 Å². The molecule has 39 heavy (non-hydrogen) atoms. The van der Waals surface area contributed by atoms with E-state index in [9.17, 15) is 9.59 Å². The van der Waals surface area contributed by atoms with Gasteiger partial charge in [-0.05, 0) is 50.3 Å². The second kappa shape index (κ2) is 13.2. The van der Waals surface area contributed by atoms with Crippen molar-refractivity contribution >= 4 is 29.5 Å². The van der Waals surface area contributed by atoms with Crippen molar-refractivity contribution in [3.63, 3.8) is 0 Å². The highest BCUT2D eigenvalue weighted by molar-refractivity contribution is 7.98. The van der Waals surface area contributed by atoms with Gasteiger partial charge in [0.2, 0.25) is 0 Å². The molecule has 8 heteroatoms. The van der Waals surface area contributed by atoms with Crippen LogP contribution in [0.2, 0.25) is 0 Å². The third-order valence-electron chi connectivity index (χ3n) is 7.81. The monoisotopic (exact) mass is 552 g/mol. The highest BCUT2D eigenvalue weighted by Crippen LogP contribution is 2.31. The maximum atomic E-state index is 13.3. The fraction of sp³-hybridized carbons (Fsp3) is 0.613. The molecule has 2 aromatic rings. The van der Waals surface area contributed by atoms with Gasteiger partial charge < -0.3 is 14.5 Å². The summed E-state index contributed by atoms with van der Waals surface area (Å²) in [7, 11) is 2.17. The Hall–Kier alpha value is -2.61. The molecule has 0 radical (unpaired) electrons. The van der Waals surface area contributed by atoms with Gasteiger partial charge >= 0.3 is 5.97 Å². The first-order valence-corrected chi connectivity index (χ1v) is 15.4. The molecule has 1 atom stereocenters. The molecule has 2 fully saturated rings. The Morgan fingerprint density at radius 3 is 2.56 bits per heavy atom. The minimum absolute atomic E-state index is 0.0294. The van der Waals surface area contributed by atoms with Crippen LogP contribution in [0.5, 0.6) is 0 Å². The van der Waals surface area contributed by atoms with Crippen molar-refractivity contribution in [3.8, 4) is 0 Å². The van der Waals surface area contributed by atoms with Gasteiger partial charge in [-0.1, -0.05) is 63.9 Å². The van der Waals surface area contributed by atoms with E-state index >= 15 is 0 Å². The molecular weight excluding hydrogens is 508 g/mol. The van der Waals surface area contributed by atoms with E-state index in [1.165, 1.54) is 32.1 Å². The molecule has 1 saturated heterocycles. The van der Waals surface area contributed by atoms with E-state index in [0.29, 0.717) is 37.1 Å². The van der Waals surface area contributed by atoms with E-state index in [-0.39, 0.29) is 23.2 Å². The highest BCUT2D eigenvalue weighted by Gasteiger charge is 2.30. The van der Waals surface area contributed by atoms with Crippen LogP contribution in [0.15, 0.2) is 35.5 Å². The number of carbonyl (C=O) groups is 2. The van der Waals surface area contributed by atoms with Crippen LogP contribution in [-0.2, 0) is 20.7 Å². The number of likely N-dealkylation sites (tertiary alicyclic amines) is 1. The topological polar surface area (TPSA) is 75.6 Å². The number of carbonyl (C=O) groups excluding carboxylic acids is 2. The largest absolute Gasteiger partial charge is 0.466 e. The Bertz CT molecular complexity index is 1140. The summed E-state index contributed by atoms with van der Waals surface area (Å²) in [6.07, 6.45) is 7.90. The standard InChI is InChI=1S/C31H44N4O3S/c1-6-38-29(37)24-14-11-17-35(20-24)28(36)23-13-10-12-22(18-23)21-39-30-32-26(31(2,3)4)19-27(33-30)34(5)25-15-8-7-9-16-25/h10,12-13,18-19,24-25H,6-9,11,14-17,20-21H2,1-5H3. The molecule has 1 unspecified atom stereocenters. The molecular formula is C31H44N4O3S. The smallest absolute Gasteiger partial charge is 0.310 e. The number of piperidine rings is 1. The second-order valence-corrected chi connectivity index (χ2v) is 12.8. The molecule has 1 saturated carbocycles. The van der Waals surface area contributed by atoms with Gasteiger partial charge in [0.1, 0.15) is 5.82 Å². The highest BCUT2D eigenvalue weighted by atomic mass is 32.2. The molecule has 7 nitrogen and oxygen atoms in total. The third kappa shape index (κ3) is 7.74. The Kier molecular flexibility index (Phi) is 9.91. The van der Waals surface area contributed by atoms with E-state index in [4.69, 9.17) is 14.7 Å². The number of nitrogens with zero attached hydrogens (tertiary/aromatic N) is 4. The minimum atomic E-state index is -0.241. The Morgan fingerprint density at radius 1 is 1.08 bits per heavy atom. The van der Waals surface area contributed by atoms with E-state index in [1.54, 1.807) is 16.7 Å². The van der Waals surface area contributed by atoms with E-state index in [0.717, 1.165) is 35.1 Å². The number of thioether (sulfide) groups is 1. The fourth-order valence-corrected chi connectivity index (χ4v) is 6.23. The van der Waals surface area contributed by atoms with E-state index < -0.39 is 0 Å². The van der Waals surface area contributed by atoms with Crippen LogP contribution in [0.4, 0.5) is 5.82 Å². The summed E-state index contributed by atoms with van der Waals surface area (Å²) in [5, 5.41) is 0.769. The van der Waals surface area contributed by atoms with Crippen molar-refractivity contribution in [2.45, 2.75) is 95.0 Å². The Balaban J connectivity index is 1.46. The quantitative estimate of drug-likeness (QED) is 0.218. The van der Waals surface area contributed by atoms with Crippen molar-refractivity contribution in [2.24, 2.45) is 5.92 Å². The van der Waals surface area contributed by atoms with Crippen molar-refractivity contribution in [1.29, 1.82) is 0 Å². The van der Waals surface area contributed by atoms with Gasteiger partial charge in [0.05, 0.1) is 18.2 Å². The fourth-order valence-electron chi connectivity index (χ4n) is 5.44. The molecule has 0 bridgehead atoms. The van der Waals surface area contributed by atoms with Gasteiger partial charge in [-0.25, -0.2) is 9.97 Å². The number of amides is 1. The van der Waals surface area contributed by atoms with Gasteiger partial charge in [0, 0.05) is 49.0 Å². The zero-order valence-corrected chi connectivity index (χ0v) is 25.1. The Labute approximate surface area is 238 Å². The van der Waals surface area contributed by atoms with Crippen LogP contribution in [0, 0.1) is 5.92 Å². The van der Waals surface area contributed by atoms with Crippen LogP contribution in [-0.4, -0.2) is 59.5 Å². The Morgan fingerprint density at radius 2 is 1.85 bits per heavy atom. The maximum Gasteiger partial charge on any atom is 0.310 e. The molecule has 2 heterocycles. The van der Waals surface area contributed by atoms with E-state index in [1.807, 2.05) is 31.2 Å². The molecule has 212 valence electrons. The average molecular weight is 553 g/mol. The molecule has 1 aliphatic carbocycles.